The standard InChI is InChI=1S/C18H19N3O6/c1-27-16-8-7-13(21(25)26)9-14(16)20-17(22)10-15(18(23)24)19-11-12-5-3-2-4-6-12/h2-9,15,19H,10-11H2,1H3,(H,20,22)(H,23,24). The summed E-state index contributed by atoms with van der Waals surface area (Å²) >= 11 is 0. The number of nitro groups is 1. The molecule has 1 amide bonds. The Morgan fingerprint density at radius 3 is 2.52 bits per heavy atom. The van der Waals surface area contributed by atoms with Crippen molar-refractivity contribution in [2.75, 3.05) is 12.4 Å². The van der Waals surface area contributed by atoms with E-state index in [1.54, 1.807) is 0 Å². The van der Waals surface area contributed by atoms with Gasteiger partial charge in [0, 0.05) is 18.7 Å². The molecule has 0 radical (unpaired) electrons. The normalized spacial score (nSPS) is 11.4. The molecule has 0 aliphatic rings. The van der Waals surface area contributed by atoms with Crippen LogP contribution in [0.3, 0.4) is 0 Å². The van der Waals surface area contributed by atoms with Crippen LogP contribution >= 0.6 is 0 Å². The summed E-state index contributed by atoms with van der Waals surface area (Å²) in [5, 5.41) is 25.5. The quantitative estimate of drug-likeness (QED) is 0.453. The summed E-state index contributed by atoms with van der Waals surface area (Å²) in [4.78, 5) is 34.0. The molecule has 1 atom stereocenters. The molecule has 27 heavy (non-hydrogen) atoms. The molecule has 2 aromatic rings. The van der Waals surface area contributed by atoms with Crippen LogP contribution < -0.4 is 15.4 Å². The highest BCUT2D eigenvalue weighted by molar-refractivity contribution is 5.95. The van der Waals surface area contributed by atoms with Crippen molar-refractivity contribution < 1.29 is 24.4 Å². The summed E-state index contributed by atoms with van der Waals surface area (Å²) in [6.45, 7) is 0.283. The number of benzene rings is 2. The van der Waals surface area contributed by atoms with E-state index in [1.807, 2.05) is 30.3 Å². The summed E-state index contributed by atoms with van der Waals surface area (Å²) in [7, 11) is 1.36. The molecule has 9 heteroatoms. The Bertz CT molecular complexity index is 825. The molecular formula is C18H19N3O6. The van der Waals surface area contributed by atoms with Crippen LogP contribution in [0.5, 0.6) is 5.75 Å². The van der Waals surface area contributed by atoms with Crippen LogP contribution in [0.25, 0.3) is 0 Å². The lowest BCUT2D eigenvalue weighted by atomic mass is 10.1. The molecule has 9 nitrogen and oxygen atoms in total. The summed E-state index contributed by atoms with van der Waals surface area (Å²) < 4.78 is 5.07. The average Bonchev–Trinajstić information content (AvgIpc) is 2.65. The number of hydrogen-bond acceptors (Lipinski definition) is 6. The van der Waals surface area contributed by atoms with Crippen molar-refractivity contribution in [2.45, 2.75) is 19.0 Å². The summed E-state index contributed by atoms with van der Waals surface area (Å²) in [5.74, 6) is -1.55. The van der Waals surface area contributed by atoms with E-state index >= 15 is 0 Å². The molecule has 0 saturated carbocycles. The monoisotopic (exact) mass is 373 g/mol. The Morgan fingerprint density at radius 2 is 1.93 bits per heavy atom. The second kappa shape index (κ2) is 9.30. The van der Waals surface area contributed by atoms with Gasteiger partial charge in [-0.1, -0.05) is 30.3 Å². The number of amides is 1. The van der Waals surface area contributed by atoms with E-state index in [4.69, 9.17) is 4.74 Å². The predicted molar refractivity (Wildman–Crippen MR) is 97.6 cm³/mol. The maximum absolute atomic E-state index is 12.2. The van der Waals surface area contributed by atoms with Crippen LogP contribution in [0.4, 0.5) is 11.4 Å². The van der Waals surface area contributed by atoms with Crippen LogP contribution in [-0.2, 0) is 16.1 Å². The number of non-ortho nitro benzene ring substituents is 1. The third-order valence-corrected chi connectivity index (χ3v) is 3.75. The van der Waals surface area contributed by atoms with Crippen molar-refractivity contribution in [3.63, 3.8) is 0 Å². The van der Waals surface area contributed by atoms with Gasteiger partial charge in [0.15, 0.2) is 0 Å². The highest BCUT2D eigenvalue weighted by Gasteiger charge is 2.22. The molecule has 1 unspecified atom stereocenters. The predicted octanol–water partition coefficient (Wildman–Crippen LogP) is 2.17. The minimum Gasteiger partial charge on any atom is -0.495 e. The molecule has 142 valence electrons. The van der Waals surface area contributed by atoms with Crippen molar-refractivity contribution in [3.05, 3.63) is 64.2 Å². The first-order valence-corrected chi connectivity index (χ1v) is 8.03. The second-order valence-electron chi connectivity index (χ2n) is 5.65. The van der Waals surface area contributed by atoms with Gasteiger partial charge in [0.25, 0.3) is 5.69 Å². The average molecular weight is 373 g/mol. The van der Waals surface area contributed by atoms with E-state index in [9.17, 15) is 24.8 Å². The first-order chi connectivity index (χ1) is 12.9. The largest absolute Gasteiger partial charge is 0.495 e. The fourth-order valence-electron chi connectivity index (χ4n) is 2.38. The summed E-state index contributed by atoms with van der Waals surface area (Å²) in [6, 6.07) is 11.8. The lowest BCUT2D eigenvalue weighted by Crippen LogP contribution is -2.39. The molecule has 3 N–H and O–H groups in total. The van der Waals surface area contributed by atoms with Crippen molar-refractivity contribution in [1.29, 1.82) is 0 Å². The first kappa shape index (κ1) is 19.9. The number of carboxylic acids is 1. The number of carbonyl (C=O) groups excluding carboxylic acids is 1. The number of carbonyl (C=O) groups is 2. The van der Waals surface area contributed by atoms with Crippen LogP contribution in [0.2, 0.25) is 0 Å². The topological polar surface area (TPSA) is 131 Å². The summed E-state index contributed by atoms with van der Waals surface area (Å²) in [6.07, 6.45) is -0.353. The zero-order valence-electron chi connectivity index (χ0n) is 14.5. The van der Waals surface area contributed by atoms with Gasteiger partial charge in [0.05, 0.1) is 24.1 Å². The number of anilines is 1. The maximum atomic E-state index is 12.2. The lowest BCUT2D eigenvalue weighted by Gasteiger charge is -2.15. The van der Waals surface area contributed by atoms with Gasteiger partial charge in [-0.2, -0.15) is 0 Å². The van der Waals surface area contributed by atoms with Crippen LogP contribution in [-0.4, -0.2) is 35.1 Å². The fraction of sp³-hybridized carbons (Fsp3) is 0.222. The van der Waals surface area contributed by atoms with Gasteiger partial charge < -0.3 is 15.2 Å². The molecule has 0 saturated heterocycles. The molecule has 2 rings (SSSR count). The molecule has 2 aromatic carbocycles. The molecule has 0 spiro atoms. The minimum absolute atomic E-state index is 0.101. The number of ether oxygens (including phenoxy) is 1. The van der Waals surface area contributed by atoms with Crippen molar-refractivity contribution in [1.82, 2.24) is 5.32 Å². The lowest BCUT2D eigenvalue weighted by molar-refractivity contribution is -0.384. The zero-order chi connectivity index (χ0) is 19.8. The number of aliphatic carboxylic acids is 1. The number of nitrogens with one attached hydrogen (secondary N) is 2. The second-order valence-corrected chi connectivity index (χ2v) is 5.65. The number of rotatable bonds is 9. The Balaban J connectivity index is 2.04. The summed E-state index contributed by atoms with van der Waals surface area (Å²) in [5.41, 5.74) is 0.761. The van der Waals surface area contributed by atoms with Crippen molar-refractivity contribution in [2.24, 2.45) is 0 Å². The van der Waals surface area contributed by atoms with Gasteiger partial charge in [-0.05, 0) is 11.6 Å². The van der Waals surface area contributed by atoms with E-state index in [-0.39, 0.29) is 30.1 Å². The highest BCUT2D eigenvalue weighted by Crippen LogP contribution is 2.29. The van der Waals surface area contributed by atoms with E-state index in [2.05, 4.69) is 10.6 Å². The Kier molecular flexibility index (Phi) is 6.84. The van der Waals surface area contributed by atoms with E-state index < -0.39 is 22.8 Å². The van der Waals surface area contributed by atoms with Gasteiger partial charge in [-0.15, -0.1) is 0 Å². The van der Waals surface area contributed by atoms with Crippen molar-refractivity contribution >= 4 is 23.3 Å². The SMILES string of the molecule is COc1ccc([N+](=O)[O-])cc1NC(=O)CC(NCc1ccccc1)C(=O)O. The molecule has 0 fully saturated rings. The third kappa shape index (κ3) is 5.79. The Labute approximate surface area is 155 Å². The van der Waals surface area contributed by atoms with Crippen molar-refractivity contribution in [3.8, 4) is 5.75 Å². The van der Waals surface area contributed by atoms with Gasteiger partial charge >= 0.3 is 5.97 Å². The zero-order valence-corrected chi connectivity index (χ0v) is 14.5. The minimum atomic E-state index is -1.17. The van der Waals surface area contributed by atoms with Crippen LogP contribution in [0, 0.1) is 10.1 Å². The molecule has 0 bridgehead atoms. The first-order valence-electron chi connectivity index (χ1n) is 8.03. The molecule has 0 aliphatic carbocycles. The van der Waals surface area contributed by atoms with Gasteiger partial charge in [-0.25, -0.2) is 0 Å². The smallest absolute Gasteiger partial charge is 0.321 e. The molecule has 0 aromatic heterocycles. The number of methoxy groups -OCH3 is 1. The number of nitro benzene ring substituents is 1. The Morgan fingerprint density at radius 1 is 1.22 bits per heavy atom. The van der Waals surface area contributed by atoms with E-state index in [1.165, 1.54) is 19.2 Å². The van der Waals surface area contributed by atoms with Crippen LogP contribution in [0.15, 0.2) is 48.5 Å². The van der Waals surface area contributed by atoms with E-state index in [0.717, 1.165) is 11.6 Å². The van der Waals surface area contributed by atoms with Gasteiger partial charge in [-0.3, -0.25) is 25.0 Å². The Hall–Kier alpha value is -3.46. The number of hydrogen-bond donors (Lipinski definition) is 3. The molecule has 0 aliphatic heterocycles. The third-order valence-electron chi connectivity index (χ3n) is 3.75. The highest BCUT2D eigenvalue weighted by atomic mass is 16.6. The fourth-order valence-corrected chi connectivity index (χ4v) is 2.38. The number of nitrogens with zero attached hydrogens (tertiary/aromatic N) is 1. The molecule has 0 heterocycles. The molecular weight excluding hydrogens is 354 g/mol. The number of carboxylic acid groups (broad SMARTS) is 1. The van der Waals surface area contributed by atoms with Gasteiger partial charge in [0.1, 0.15) is 11.8 Å². The van der Waals surface area contributed by atoms with E-state index in [0.29, 0.717) is 0 Å². The van der Waals surface area contributed by atoms with Crippen LogP contribution in [0.1, 0.15) is 12.0 Å². The van der Waals surface area contributed by atoms with Gasteiger partial charge in [0.2, 0.25) is 5.91 Å². The maximum Gasteiger partial charge on any atom is 0.321 e.